The zero-order chi connectivity index (χ0) is 19.7. The average Bonchev–Trinajstić information content (AvgIpc) is 3.04. The molecule has 1 aromatic carbocycles. The highest BCUT2D eigenvalue weighted by Crippen LogP contribution is 2.35. The Labute approximate surface area is 173 Å². The van der Waals surface area contributed by atoms with Gasteiger partial charge in [-0.05, 0) is 61.9 Å². The third kappa shape index (κ3) is 4.09. The van der Waals surface area contributed by atoms with Crippen LogP contribution in [0.4, 0.5) is 0 Å². The van der Waals surface area contributed by atoms with Crippen LogP contribution in [0.2, 0.25) is 5.02 Å². The lowest BCUT2D eigenvalue weighted by Crippen LogP contribution is -2.86. The van der Waals surface area contributed by atoms with E-state index in [0.717, 1.165) is 47.6 Å². The smallest absolute Gasteiger partial charge is 0.260 e. The summed E-state index contributed by atoms with van der Waals surface area (Å²) in [6.07, 6.45) is 3.21. The SMILES string of the molecule is C[C@H]1CCc2c(sc3nc([C@@H](C)[NH2+]CCOc4ccc(Cl)cc4)[nH]c(=O)c23)C1. The van der Waals surface area contributed by atoms with Gasteiger partial charge in [-0.15, -0.1) is 11.3 Å². The topological polar surface area (TPSA) is 71.6 Å². The van der Waals surface area contributed by atoms with Crippen LogP contribution in [-0.4, -0.2) is 23.1 Å². The number of benzene rings is 1. The van der Waals surface area contributed by atoms with Crippen molar-refractivity contribution in [3.8, 4) is 5.75 Å². The number of hydrogen-bond acceptors (Lipinski definition) is 4. The molecule has 0 bridgehead atoms. The van der Waals surface area contributed by atoms with E-state index in [9.17, 15) is 4.79 Å². The molecule has 0 saturated carbocycles. The number of aromatic amines is 1. The van der Waals surface area contributed by atoms with Crippen LogP contribution in [-0.2, 0) is 12.8 Å². The van der Waals surface area contributed by atoms with Gasteiger partial charge >= 0.3 is 0 Å². The first-order chi connectivity index (χ1) is 13.5. The molecule has 0 unspecified atom stereocenters. The van der Waals surface area contributed by atoms with Crippen LogP contribution in [0.5, 0.6) is 5.75 Å². The summed E-state index contributed by atoms with van der Waals surface area (Å²) in [5.74, 6) is 2.22. The Balaban J connectivity index is 1.42. The van der Waals surface area contributed by atoms with E-state index in [-0.39, 0.29) is 11.6 Å². The number of H-pyrrole nitrogens is 1. The van der Waals surface area contributed by atoms with E-state index in [1.807, 2.05) is 24.3 Å². The van der Waals surface area contributed by atoms with Gasteiger partial charge in [0.1, 0.15) is 29.8 Å². The van der Waals surface area contributed by atoms with Gasteiger partial charge in [0.15, 0.2) is 5.82 Å². The fourth-order valence-electron chi connectivity index (χ4n) is 3.72. The first-order valence-corrected chi connectivity index (χ1v) is 11.0. The van der Waals surface area contributed by atoms with Crippen LogP contribution in [0.25, 0.3) is 10.2 Å². The van der Waals surface area contributed by atoms with E-state index in [1.54, 1.807) is 11.3 Å². The maximum absolute atomic E-state index is 12.7. The van der Waals surface area contributed by atoms with Crippen molar-refractivity contribution in [1.82, 2.24) is 9.97 Å². The van der Waals surface area contributed by atoms with Gasteiger partial charge in [-0.2, -0.15) is 0 Å². The lowest BCUT2D eigenvalue weighted by molar-refractivity contribution is -0.694. The number of aromatic nitrogens is 2. The molecule has 0 radical (unpaired) electrons. The molecule has 28 heavy (non-hydrogen) atoms. The number of ether oxygens (including phenoxy) is 1. The summed E-state index contributed by atoms with van der Waals surface area (Å²) in [4.78, 5) is 22.8. The summed E-state index contributed by atoms with van der Waals surface area (Å²) in [6, 6.07) is 7.41. The van der Waals surface area contributed by atoms with Crippen molar-refractivity contribution in [2.75, 3.05) is 13.2 Å². The number of aryl methyl sites for hydroxylation is 1. The number of thiophene rings is 1. The molecule has 3 aromatic rings. The number of nitrogens with two attached hydrogens (primary N) is 1. The highest BCUT2D eigenvalue weighted by Gasteiger charge is 2.24. The van der Waals surface area contributed by atoms with E-state index in [2.05, 4.69) is 24.1 Å². The van der Waals surface area contributed by atoms with E-state index in [4.69, 9.17) is 21.3 Å². The van der Waals surface area contributed by atoms with Gasteiger partial charge in [0.2, 0.25) is 0 Å². The summed E-state index contributed by atoms with van der Waals surface area (Å²) >= 11 is 7.58. The number of nitrogens with one attached hydrogen (secondary N) is 1. The van der Waals surface area contributed by atoms with Crippen LogP contribution in [0, 0.1) is 5.92 Å². The van der Waals surface area contributed by atoms with Crippen LogP contribution in [0.3, 0.4) is 0 Å². The molecule has 2 heterocycles. The second-order valence-electron chi connectivity index (χ2n) is 7.60. The first kappa shape index (κ1) is 19.4. The normalized spacial score (nSPS) is 17.5. The molecule has 2 aromatic heterocycles. The van der Waals surface area contributed by atoms with E-state index in [0.29, 0.717) is 17.5 Å². The minimum absolute atomic E-state index is 0.00437. The molecular weight excluding hydrogens is 394 g/mol. The lowest BCUT2D eigenvalue weighted by Gasteiger charge is -2.17. The molecule has 7 heteroatoms. The molecule has 0 aliphatic heterocycles. The second-order valence-corrected chi connectivity index (χ2v) is 9.12. The van der Waals surface area contributed by atoms with Crippen LogP contribution < -0.4 is 15.6 Å². The third-order valence-electron chi connectivity index (χ3n) is 5.34. The monoisotopic (exact) mass is 418 g/mol. The van der Waals surface area contributed by atoms with E-state index < -0.39 is 0 Å². The first-order valence-electron chi connectivity index (χ1n) is 9.77. The molecule has 1 aliphatic rings. The van der Waals surface area contributed by atoms with Gasteiger partial charge in [-0.1, -0.05) is 18.5 Å². The Kier molecular flexibility index (Phi) is 5.71. The van der Waals surface area contributed by atoms with Gasteiger partial charge in [0.25, 0.3) is 5.56 Å². The van der Waals surface area contributed by atoms with Crippen molar-refractivity contribution >= 4 is 33.2 Å². The highest BCUT2D eigenvalue weighted by molar-refractivity contribution is 7.18. The minimum Gasteiger partial charge on any atom is -0.488 e. The molecule has 3 N–H and O–H groups in total. The van der Waals surface area contributed by atoms with Crippen molar-refractivity contribution in [2.24, 2.45) is 5.92 Å². The highest BCUT2D eigenvalue weighted by atomic mass is 35.5. The molecule has 148 valence electrons. The predicted octanol–water partition coefficient (Wildman–Crippen LogP) is 3.47. The molecule has 0 amide bonds. The fraction of sp³-hybridized carbons (Fsp3) is 0.429. The average molecular weight is 419 g/mol. The van der Waals surface area contributed by atoms with Crippen molar-refractivity contribution in [2.45, 2.75) is 39.2 Å². The Morgan fingerprint density at radius 2 is 2.18 bits per heavy atom. The molecule has 4 rings (SSSR count). The Morgan fingerprint density at radius 3 is 2.96 bits per heavy atom. The largest absolute Gasteiger partial charge is 0.488 e. The molecule has 0 saturated heterocycles. The van der Waals surface area contributed by atoms with Gasteiger partial charge in [0, 0.05) is 9.90 Å². The fourth-order valence-corrected chi connectivity index (χ4v) is 5.23. The number of halogens is 1. The molecule has 5 nitrogen and oxygen atoms in total. The summed E-state index contributed by atoms with van der Waals surface area (Å²) in [6.45, 7) is 5.68. The summed E-state index contributed by atoms with van der Waals surface area (Å²) < 4.78 is 5.73. The van der Waals surface area contributed by atoms with Crippen molar-refractivity contribution in [3.63, 3.8) is 0 Å². The lowest BCUT2D eigenvalue weighted by atomic mass is 9.89. The number of quaternary nitrogens is 1. The number of hydrogen-bond donors (Lipinski definition) is 2. The molecule has 1 aliphatic carbocycles. The summed E-state index contributed by atoms with van der Waals surface area (Å²) in [5.41, 5.74) is 1.23. The predicted molar refractivity (Wildman–Crippen MR) is 114 cm³/mol. The van der Waals surface area contributed by atoms with Gasteiger partial charge in [-0.25, -0.2) is 4.98 Å². The van der Waals surface area contributed by atoms with Crippen molar-refractivity contribution in [1.29, 1.82) is 0 Å². The van der Waals surface area contributed by atoms with E-state index >= 15 is 0 Å². The maximum Gasteiger partial charge on any atom is 0.260 e. The second kappa shape index (κ2) is 8.23. The molecule has 0 fully saturated rings. The van der Waals surface area contributed by atoms with Gasteiger partial charge in [-0.3, -0.25) is 4.79 Å². The van der Waals surface area contributed by atoms with Crippen LogP contribution >= 0.6 is 22.9 Å². The number of rotatable bonds is 6. The third-order valence-corrected chi connectivity index (χ3v) is 6.74. The summed E-state index contributed by atoms with van der Waals surface area (Å²) in [5, 5.41) is 3.65. The van der Waals surface area contributed by atoms with Crippen molar-refractivity contribution in [3.05, 3.63) is 55.9 Å². The number of nitrogens with zero attached hydrogens (tertiary/aromatic N) is 1. The van der Waals surface area contributed by atoms with E-state index in [1.165, 1.54) is 10.4 Å². The quantitative estimate of drug-likeness (QED) is 0.602. The molecule has 0 spiro atoms. The van der Waals surface area contributed by atoms with Crippen molar-refractivity contribution < 1.29 is 10.1 Å². The zero-order valence-corrected chi connectivity index (χ0v) is 17.7. The molecular formula is C21H25ClN3O2S+. The minimum atomic E-state index is 0.00437. The number of fused-ring (bicyclic) bond motifs is 3. The van der Waals surface area contributed by atoms with Gasteiger partial charge in [0.05, 0.1) is 5.39 Å². The van der Waals surface area contributed by atoms with Crippen LogP contribution in [0.1, 0.15) is 42.6 Å². The van der Waals surface area contributed by atoms with Gasteiger partial charge < -0.3 is 15.0 Å². The standard InChI is InChI=1S/C21H24ClN3O2S/c1-12-3-8-16-17(11-12)28-21-18(16)20(26)24-19(25-21)13(2)23-9-10-27-15-6-4-14(22)5-7-15/h4-7,12-13,23H,3,8-11H2,1-2H3,(H,24,25,26)/p+1/t12-,13+/m0/s1. The molecule has 2 atom stereocenters. The zero-order valence-electron chi connectivity index (χ0n) is 16.1. The Morgan fingerprint density at radius 1 is 1.39 bits per heavy atom. The summed E-state index contributed by atoms with van der Waals surface area (Å²) in [7, 11) is 0. The Hall–Kier alpha value is -1.89. The maximum atomic E-state index is 12.7. The van der Waals surface area contributed by atoms with Crippen LogP contribution in [0.15, 0.2) is 29.1 Å². The Bertz CT molecular complexity index is 1030.